The fourth-order valence-corrected chi connectivity index (χ4v) is 2.67. The van der Waals surface area contributed by atoms with Crippen LogP contribution >= 0.6 is 11.6 Å². The molecule has 0 radical (unpaired) electrons. The lowest BCUT2D eigenvalue weighted by Gasteiger charge is -2.19. The molecule has 0 atom stereocenters. The molecule has 1 aromatic carbocycles. The largest absolute Gasteiger partial charge is 0.369 e. The highest BCUT2D eigenvalue weighted by Gasteiger charge is 2.14. The minimum atomic E-state index is 0.813. The van der Waals surface area contributed by atoms with Crippen molar-refractivity contribution in [2.24, 2.45) is 0 Å². The lowest BCUT2D eigenvalue weighted by molar-refractivity contribution is 0.627. The number of aromatic nitrogens is 2. The third-order valence-electron chi connectivity index (χ3n) is 3.52. The maximum absolute atomic E-state index is 6.16. The smallest absolute Gasteiger partial charge is 0.134 e. The van der Waals surface area contributed by atoms with Crippen LogP contribution in [0.5, 0.6) is 0 Å². The van der Waals surface area contributed by atoms with Crippen LogP contribution in [0, 0.1) is 0 Å². The first-order valence-corrected chi connectivity index (χ1v) is 7.23. The number of fused-ring (bicyclic) bond motifs is 1. The zero-order valence-corrected chi connectivity index (χ0v) is 12.0. The molecule has 20 heavy (non-hydrogen) atoms. The topological polar surface area (TPSA) is 49.8 Å². The quantitative estimate of drug-likeness (QED) is 0.907. The SMILES string of the molecule is Clc1ccccc1CCNc1ncnc2c1CNCC2. The van der Waals surface area contributed by atoms with E-state index in [4.69, 9.17) is 11.6 Å². The summed E-state index contributed by atoms with van der Waals surface area (Å²) in [7, 11) is 0. The van der Waals surface area contributed by atoms with Crippen molar-refractivity contribution in [3.63, 3.8) is 0 Å². The summed E-state index contributed by atoms with van der Waals surface area (Å²) >= 11 is 6.16. The van der Waals surface area contributed by atoms with Crippen molar-refractivity contribution in [2.45, 2.75) is 19.4 Å². The fraction of sp³-hybridized carbons (Fsp3) is 0.333. The van der Waals surface area contributed by atoms with E-state index in [1.54, 1.807) is 6.33 Å². The van der Waals surface area contributed by atoms with Gasteiger partial charge in [0.1, 0.15) is 12.1 Å². The van der Waals surface area contributed by atoms with E-state index in [1.807, 2.05) is 18.2 Å². The van der Waals surface area contributed by atoms with Gasteiger partial charge in [-0.2, -0.15) is 0 Å². The zero-order valence-electron chi connectivity index (χ0n) is 11.2. The van der Waals surface area contributed by atoms with Crippen molar-refractivity contribution in [3.8, 4) is 0 Å². The number of halogens is 1. The monoisotopic (exact) mass is 288 g/mol. The van der Waals surface area contributed by atoms with E-state index in [1.165, 1.54) is 5.56 Å². The summed E-state index contributed by atoms with van der Waals surface area (Å²) in [4.78, 5) is 8.70. The van der Waals surface area contributed by atoms with Crippen LogP contribution in [0.3, 0.4) is 0 Å². The molecule has 0 bridgehead atoms. The van der Waals surface area contributed by atoms with Crippen molar-refractivity contribution >= 4 is 17.4 Å². The van der Waals surface area contributed by atoms with Gasteiger partial charge < -0.3 is 10.6 Å². The maximum Gasteiger partial charge on any atom is 0.134 e. The summed E-state index contributed by atoms with van der Waals surface area (Å²) in [5.41, 5.74) is 3.50. The van der Waals surface area contributed by atoms with Gasteiger partial charge in [0.2, 0.25) is 0 Å². The first-order valence-electron chi connectivity index (χ1n) is 6.85. The number of hydrogen-bond donors (Lipinski definition) is 2. The fourth-order valence-electron chi connectivity index (χ4n) is 2.44. The average Bonchev–Trinajstić information content (AvgIpc) is 2.49. The van der Waals surface area contributed by atoms with Crippen LogP contribution in [-0.2, 0) is 19.4 Å². The van der Waals surface area contributed by atoms with Crippen LogP contribution in [-0.4, -0.2) is 23.1 Å². The Morgan fingerprint density at radius 3 is 3.05 bits per heavy atom. The number of nitrogens with zero attached hydrogens (tertiary/aromatic N) is 2. The number of benzene rings is 1. The molecule has 0 saturated carbocycles. The molecule has 1 aliphatic rings. The first kappa shape index (κ1) is 13.3. The Morgan fingerprint density at radius 1 is 1.25 bits per heavy atom. The molecule has 1 aromatic heterocycles. The standard InChI is InChI=1S/C15H17ClN4/c16-13-4-2-1-3-11(13)5-8-18-15-12-9-17-7-6-14(12)19-10-20-15/h1-4,10,17H,5-9H2,(H,18,19,20). The summed E-state index contributed by atoms with van der Waals surface area (Å²) in [6.07, 6.45) is 3.49. The molecule has 104 valence electrons. The Kier molecular flexibility index (Phi) is 4.14. The van der Waals surface area contributed by atoms with Crippen molar-refractivity contribution < 1.29 is 0 Å². The summed E-state index contributed by atoms with van der Waals surface area (Å²) in [6, 6.07) is 7.94. The lowest BCUT2D eigenvalue weighted by Crippen LogP contribution is -2.26. The number of nitrogens with one attached hydrogen (secondary N) is 2. The Balaban J connectivity index is 1.66. The van der Waals surface area contributed by atoms with Crippen LogP contribution in [0.15, 0.2) is 30.6 Å². The zero-order chi connectivity index (χ0) is 13.8. The van der Waals surface area contributed by atoms with E-state index < -0.39 is 0 Å². The van der Waals surface area contributed by atoms with E-state index in [0.717, 1.165) is 54.6 Å². The minimum Gasteiger partial charge on any atom is -0.369 e. The predicted octanol–water partition coefficient (Wildman–Crippen LogP) is 2.43. The third kappa shape index (κ3) is 2.92. The molecule has 0 saturated heterocycles. The highest BCUT2D eigenvalue weighted by Crippen LogP contribution is 2.19. The molecule has 4 nitrogen and oxygen atoms in total. The molecule has 2 aromatic rings. The molecular formula is C15H17ClN4. The van der Waals surface area contributed by atoms with Gasteiger partial charge in [0.25, 0.3) is 0 Å². The van der Waals surface area contributed by atoms with Gasteiger partial charge in [-0.1, -0.05) is 29.8 Å². The van der Waals surface area contributed by atoms with Crippen molar-refractivity contribution in [1.82, 2.24) is 15.3 Å². The average molecular weight is 289 g/mol. The highest BCUT2D eigenvalue weighted by molar-refractivity contribution is 6.31. The molecule has 0 spiro atoms. The Hall–Kier alpha value is -1.65. The van der Waals surface area contributed by atoms with Gasteiger partial charge in [0, 0.05) is 36.6 Å². The summed E-state index contributed by atoms with van der Waals surface area (Å²) in [6.45, 7) is 2.64. The van der Waals surface area contributed by atoms with E-state index >= 15 is 0 Å². The number of hydrogen-bond acceptors (Lipinski definition) is 4. The molecular weight excluding hydrogens is 272 g/mol. The van der Waals surface area contributed by atoms with Crippen molar-refractivity contribution in [1.29, 1.82) is 0 Å². The highest BCUT2D eigenvalue weighted by atomic mass is 35.5. The molecule has 0 fully saturated rings. The van der Waals surface area contributed by atoms with Gasteiger partial charge in [-0.3, -0.25) is 0 Å². The minimum absolute atomic E-state index is 0.813. The Bertz CT molecular complexity index is 600. The number of anilines is 1. The predicted molar refractivity (Wildman–Crippen MR) is 81.1 cm³/mol. The number of rotatable bonds is 4. The van der Waals surface area contributed by atoms with Crippen LogP contribution in [0.2, 0.25) is 5.02 Å². The molecule has 0 unspecified atom stereocenters. The molecule has 0 aliphatic carbocycles. The summed E-state index contributed by atoms with van der Waals surface area (Å²) in [5.74, 6) is 0.939. The van der Waals surface area contributed by atoms with Gasteiger partial charge in [-0.25, -0.2) is 9.97 Å². The van der Waals surface area contributed by atoms with Crippen LogP contribution in [0.25, 0.3) is 0 Å². The van der Waals surface area contributed by atoms with Crippen LogP contribution in [0.4, 0.5) is 5.82 Å². The van der Waals surface area contributed by atoms with E-state index in [2.05, 4.69) is 26.7 Å². The molecule has 0 amide bonds. The van der Waals surface area contributed by atoms with Gasteiger partial charge in [-0.15, -0.1) is 0 Å². The Labute approximate surface area is 123 Å². The lowest BCUT2D eigenvalue weighted by atomic mass is 10.1. The van der Waals surface area contributed by atoms with Gasteiger partial charge in [-0.05, 0) is 18.1 Å². The Morgan fingerprint density at radius 2 is 2.15 bits per heavy atom. The van der Waals surface area contributed by atoms with Crippen molar-refractivity contribution in [3.05, 3.63) is 52.4 Å². The molecule has 2 heterocycles. The van der Waals surface area contributed by atoms with Crippen molar-refractivity contribution in [2.75, 3.05) is 18.4 Å². The van der Waals surface area contributed by atoms with Crippen LogP contribution < -0.4 is 10.6 Å². The second-order valence-electron chi connectivity index (χ2n) is 4.84. The second-order valence-corrected chi connectivity index (χ2v) is 5.25. The molecule has 1 aliphatic heterocycles. The van der Waals surface area contributed by atoms with Gasteiger partial charge in [0.05, 0.1) is 5.69 Å². The van der Waals surface area contributed by atoms with Crippen LogP contribution in [0.1, 0.15) is 16.8 Å². The maximum atomic E-state index is 6.16. The third-order valence-corrected chi connectivity index (χ3v) is 3.89. The molecule has 5 heteroatoms. The molecule has 3 rings (SSSR count). The van der Waals surface area contributed by atoms with E-state index in [0.29, 0.717) is 0 Å². The second kappa shape index (κ2) is 6.20. The van der Waals surface area contributed by atoms with E-state index in [9.17, 15) is 0 Å². The van der Waals surface area contributed by atoms with Gasteiger partial charge >= 0.3 is 0 Å². The van der Waals surface area contributed by atoms with E-state index in [-0.39, 0.29) is 0 Å². The summed E-state index contributed by atoms with van der Waals surface area (Å²) in [5, 5.41) is 7.58. The first-order chi connectivity index (χ1) is 9.84. The normalized spacial score (nSPS) is 13.8. The molecule has 2 N–H and O–H groups in total. The van der Waals surface area contributed by atoms with Gasteiger partial charge in [0.15, 0.2) is 0 Å². The summed E-state index contributed by atoms with van der Waals surface area (Å²) < 4.78 is 0.